The van der Waals surface area contributed by atoms with Crippen molar-refractivity contribution in [2.45, 2.75) is 46.6 Å². The maximum Gasteiger partial charge on any atom is 0.311 e. The second-order valence-electron chi connectivity index (χ2n) is 4.56. The Morgan fingerprint density at radius 1 is 1.11 bits per heavy atom. The molecule has 18 heavy (non-hydrogen) atoms. The van der Waals surface area contributed by atoms with Crippen LogP contribution in [0.15, 0.2) is 0 Å². The van der Waals surface area contributed by atoms with Gasteiger partial charge in [0.2, 0.25) is 0 Å². The van der Waals surface area contributed by atoms with Crippen LogP contribution in [0.4, 0.5) is 0 Å². The molecule has 0 radical (unpaired) electrons. The molecule has 0 bridgehead atoms. The minimum atomic E-state index is -1.05. The van der Waals surface area contributed by atoms with Gasteiger partial charge in [-0.1, -0.05) is 13.8 Å². The van der Waals surface area contributed by atoms with Crippen molar-refractivity contribution >= 4 is 11.9 Å². The Morgan fingerprint density at radius 2 is 1.67 bits per heavy atom. The molecule has 0 amide bonds. The molecule has 0 saturated heterocycles. The minimum Gasteiger partial charge on any atom is -0.466 e. The SMILES string of the molecule is CCOC(=O)C[C@H](O)[C@H](CC(C)C)C(=O)OCC. The van der Waals surface area contributed by atoms with Gasteiger partial charge in [0.25, 0.3) is 0 Å². The fourth-order valence-corrected chi connectivity index (χ4v) is 1.70. The van der Waals surface area contributed by atoms with E-state index in [-0.39, 0.29) is 25.6 Å². The third-order valence-electron chi connectivity index (χ3n) is 2.46. The average molecular weight is 260 g/mol. The van der Waals surface area contributed by atoms with Gasteiger partial charge in [-0.25, -0.2) is 0 Å². The highest BCUT2D eigenvalue weighted by Crippen LogP contribution is 2.20. The first-order valence-electron chi connectivity index (χ1n) is 6.42. The zero-order chi connectivity index (χ0) is 14.1. The Bertz CT molecular complexity index is 262. The third kappa shape index (κ3) is 6.59. The fraction of sp³-hybridized carbons (Fsp3) is 0.846. The molecule has 0 heterocycles. The predicted octanol–water partition coefficient (Wildman–Crippen LogP) is 1.53. The number of aliphatic hydroxyl groups is 1. The number of esters is 2. The number of ether oxygens (including phenoxy) is 2. The van der Waals surface area contributed by atoms with Gasteiger partial charge >= 0.3 is 11.9 Å². The monoisotopic (exact) mass is 260 g/mol. The van der Waals surface area contributed by atoms with Crippen LogP contribution in [-0.2, 0) is 19.1 Å². The molecule has 0 fully saturated rings. The summed E-state index contributed by atoms with van der Waals surface area (Å²) >= 11 is 0. The molecule has 2 atom stereocenters. The quantitative estimate of drug-likeness (QED) is 0.670. The van der Waals surface area contributed by atoms with E-state index in [1.54, 1.807) is 13.8 Å². The first kappa shape index (κ1) is 16.9. The van der Waals surface area contributed by atoms with Crippen LogP contribution in [0, 0.1) is 11.8 Å². The van der Waals surface area contributed by atoms with Crippen molar-refractivity contribution in [3.8, 4) is 0 Å². The molecule has 0 aromatic rings. The largest absolute Gasteiger partial charge is 0.466 e. The Morgan fingerprint density at radius 3 is 2.11 bits per heavy atom. The van der Waals surface area contributed by atoms with Gasteiger partial charge in [-0.15, -0.1) is 0 Å². The summed E-state index contributed by atoms with van der Waals surface area (Å²) in [4.78, 5) is 23.0. The minimum absolute atomic E-state index is 0.177. The van der Waals surface area contributed by atoms with Gasteiger partial charge in [0.05, 0.1) is 31.7 Å². The molecule has 5 nitrogen and oxygen atoms in total. The van der Waals surface area contributed by atoms with Gasteiger partial charge < -0.3 is 14.6 Å². The number of hydrogen-bond acceptors (Lipinski definition) is 5. The van der Waals surface area contributed by atoms with Crippen LogP contribution >= 0.6 is 0 Å². The van der Waals surface area contributed by atoms with E-state index in [1.807, 2.05) is 13.8 Å². The topological polar surface area (TPSA) is 72.8 Å². The molecule has 0 rings (SSSR count). The molecule has 0 aliphatic rings. The number of carbonyl (C=O) groups is 2. The first-order chi connectivity index (χ1) is 8.42. The molecular formula is C13H24O5. The van der Waals surface area contributed by atoms with Gasteiger partial charge in [0.15, 0.2) is 0 Å². The van der Waals surface area contributed by atoms with Crippen molar-refractivity contribution in [1.29, 1.82) is 0 Å². The molecule has 0 saturated carbocycles. The average Bonchev–Trinajstić information content (AvgIpc) is 2.25. The highest BCUT2D eigenvalue weighted by atomic mass is 16.5. The van der Waals surface area contributed by atoms with Gasteiger partial charge in [0, 0.05) is 0 Å². The molecule has 0 aliphatic heterocycles. The summed E-state index contributed by atoms with van der Waals surface area (Å²) in [6.45, 7) is 7.83. The number of aliphatic hydroxyl groups excluding tert-OH is 1. The summed E-state index contributed by atoms with van der Waals surface area (Å²) in [6, 6.07) is 0. The van der Waals surface area contributed by atoms with E-state index in [1.165, 1.54) is 0 Å². The van der Waals surface area contributed by atoms with Crippen molar-refractivity contribution in [3.05, 3.63) is 0 Å². The summed E-state index contributed by atoms with van der Waals surface area (Å²) in [5.74, 6) is -1.39. The van der Waals surface area contributed by atoms with Crippen LogP contribution < -0.4 is 0 Å². The van der Waals surface area contributed by atoms with E-state index in [9.17, 15) is 14.7 Å². The van der Waals surface area contributed by atoms with Crippen LogP contribution in [0.2, 0.25) is 0 Å². The van der Waals surface area contributed by atoms with E-state index in [0.717, 1.165) is 0 Å². The van der Waals surface area contributed by atoms with E-state index in [0.29, 0.717) is 6.42 Å². The van der Waals surface area contributed by atoms with Gasteiger partial charge in [-0.2, -0.15) is 0 Å². The normalized spacial score (nSPS) is 14.1. The van der Waals surface area contributed by atoms with Crippen molar-refractivity contribution in [2.24, 2.45) is 11.8 Å². The summed E-state index contributed by atoms with van der Waals surface area (Å²) < 4.78 is 9.67. The second kappa shape index (κ2) is 8.91. The van der Waals surface area contributed by atoms with Crippen LogP contribution in [0.25, 0.3) is 0 Å². The highest BCUT2D eigenvalue weighted by molar-refractivity contribution is 5.75. The molecule has 0 aliphatic carbocycles. The first-order valence-corrected chi connectivity index (χ1v) is 6.42. The smallest absolute Gasteiger partial charge is 0.311 e. The fourth-order valence-electron chi connectivity index (χ4n) is 1.70. The Kier molecular flexibility index (Phi) is 8.37. The lowest BCUT2D eigenvalue weighted by atomic mass is 9.90. The lowest BCUT2D eigenvalue weighted by molar-refractivity contribution is -0.155. The second-order valence-corrected chi connectivity index (χ2v) is 4.56. The van der Waals surface area contributed by atoms with Crippen molar-refractivity contribution in [1.82, 2.24) is 0 Å². The molecular weight excluding hydrogens is 236 g/mol. The lowest BCUT2D eigenvalue weighted by Gasteiger charge is -2.22. The standard InChI is InChI=1S/C13H24O5/c1-5-17-12(15)8-11(14)10(7-9(3)4)13(16)18-6-2/h9-11,14H,5-8H2,1-4H3/t10-,11-/m0/s1. The summed E-state index contributed by atoms with van der Waals surface area (Å²) in [7, 11) is 0. The maximum absolute atomic E-state index is 11.7. The van der Waals surface area contributed by atoms with Crippen LogP contribution in [0.3, 0.4) is 0 Å². The maximum atomic E-state index is 11.7. The Balaban J connectivity index is 4.53. The summed E-state index contributed by atoms with van der Waals surface area (Å²) in [5, 5.41) is 9.95. The van der Waals surface area contributed by atoms with Crippen molar-refractivity contribution < 1.29 is 24.2 Å². The number of rotatable bonds is 8. The van der Waals surface area contributed by atoms with Gasteiger partial charge in [-0.05, 0) is 26.2 Å². The molecule has 1 N–H and O–H groups in total. The van der Waals surface area contributed by atoms with Crippen LogP contribution in [0.5, 0.6) is 0 Å². The Hall–Kier alpha value is -1.10. The van der Waals surface area contributed by atoms with E-state index < -0.39 is 24.0 Å². The zero-order valence-corrected chi connectivity index (χ0v) is 11.6. The van der Waals surface area contributed by atoms with Crippen LogP contribution in [0.1, 0.15) is 40.5 Å². The Labute approximate surface area is 108 Å². The van der Waals surface area contributed by atoms with E-state index >= 15 is 0 Å². The summed E-state index contributed by atoms with van der Waals surface area (Å²) in [6.07, 6.45) is -0.741. The molecule has 106 valence electrons. The molecule has 0 aromatic heterocycles. The number of hydrogen-bond donors (Lipinski definition) is 1. The molecule has 0 unspecified atom stereocenters. The van der Waals surface area contributed by atoms with Crippen molar-refractivity contribution in [3.63, 3.8) is 0 Å². The highest BCUT2D eigenvalue weighted by Gasteiger charge is 2.30. The zero-order valence-electron chi connectivity index (χ0n) is 11.6. The van der Waals surface area contributed by atoms with E-state index in [4.69, 9.17) is 9.47 Å². The molecule has 0 spiro atoms. The van der Waals surface area contributed by atoms with Gasteiger partial charge in [-0.3, -0.25) is 9.59 Å². The number of carbonyl (C=O) groups excluding carboxylic acids is 2. The third-order valence-corrected chi connectivity index (χ3v) is 2.46. The van der Waals surface area contributed by atoms with E-state index in [2.05, 4.69) is 0 Å². The molecule has 0 aromatic carbocycles. The summed E-state index contributed by atoms with van der Waals surface area (Å²) in [5.41, 5.74) is 0. The van der Waals surface area contributed by atoms with Gasteiger partial charge in [0.1, 0.15) is 0 Å². The van der Waals surface area contributed by atoms with Crippen molar-refractivity contribution in [2.75, 3.05) is 13.2 Å². The van der Waals surface area contributed by atoms with Crippen LogP contribution in [-0.4, -0.2) is 36.4 Å². The predicted molar refractivity (Wildman–Crippen MR) is 66.8 cm³/mol. The molecule has 5 heteroatoms. The lowest BCUT2D eigenvalue weighted by Crippen LogP contribution is -2.33.